The molecule has 1 aromatic heterocycles. The maximum absolute atomic E-state index is 9.36. The second-order valence-electron chi connectivity index (χ2n) is 6.80. The highest BCUT2D eigenvalue weighted by Gasteiger charge is 2.44. The Morgan fingerprint density at radius 2 is 1.91 bits per heavy atom. The predicted molar refractivity (Wildman–Crippen MR) is 90.6 cm³/mol. The Morgan fingerprint density at radius 1 is 1.09 bits per heavy atom. The van der Waals surface area contributed by atoms with Gasteiger partial charge in [0, 0.05) is 24.2 Å². The van der Waals surface area contributed by atoms with E-state index in [0.29, 0.717) is 0 Å². The molecule has 0 radical (unpaired) electrons. The standard InChI is InChI=1S/C19H24N2O2/c22-12-11-21-15-19(17-5-1-2-6-18(17)21)7-9-20(10-8-19)14-16-4-3-13-23-16/h1-6,13,22H,7-12,14-15H2. The molecule has 0 amide bonds. The van der Waals surface area contributed by atoms with Gasteiger partial charge in [0.15, 0.2) is 0 Å². The van der Waals surface area contributed by atoms with Crippen molar-refractivity contribution in [3.63, 3.8) is 0 Å². The molecule has 0 saturated carbocycles. The molecule has 23 heavy (non-hydrogen) atoms. The third-order valence-electron chi connectivity index (χ3n) is 5.45. The topological polar surface area (TPSA) is 39.9 Å². The van der Waals surface area contributed by atoms with E-state index in [2.05, 4.69) is 40.1 Å². The number of likely N-dealkylation sites (tertiary alicyclic amines) is 1. The Kier molecular flexibility index (Phi) is 3.87. The zero-order valence-electron chi connectivity index (χ0n) is 13.4. The largest absolute Gasteiger partial charge is 0.468 e. The minimum atomic E-state index is 0.217. The first-order chi connectivity index (χ1) is 11.3. The summed E-state index contributed by atoms with van der Waals surface area (Å²) in [7, 11) is 0. The minimum Gasteiger partial charge on any atom is -0.468 e. The number of rotatable bonds is 4. The number of nitrogens with zero attached hydrogens (tertiary/aromatic N) is 2. The summed E-state index contributed by atoms with van der Waals surface area (Å²) in [5.41, 5.74) is 3.05. The zero-order valence-corrected chi connectivity index (χ0v) is 13.4. The number of furan rings is 1. The molecule has 4 heteroatoms. The van der Waals surface area contributed by atoms with Crippen molar-refractivity contribution in [2.45, 2.75) is 24.8 Å². The highest BCUT2D eigenvalue weighted by atomic mass is 16.3. The first-order valence-electron chi connectivity index (χ1n) is 8.51. The van der Waals surface area contributed by atoms with Crippen LogP contribution in [0.1, 0.15) is 24.2 Å². The Morgan fingerprint density at radius 3 is 2.65 bits per heavy atom. The van der Waals surface area contributed by atoms with E-state index in [9.17, 15) is 5.11 Å². The fourth-order valence-electron chi connectivity index (χ4n) is 4.24. The van der Waals surface area contributed by atoms with E-state index < -0.39 is 0 Å². The van der Waals surface area contributed by atoms with Crippen LogP contribution in [0.15, 0.2) is 47.1 Å². The zero-order chi connectivity index (χ0) is 15.7. The number of anilines is 1. The normalized spacial score (nSPS) is 20.1. The summed E-state index contributed by atoms with van der Waals surface area (Å²) in [6.07, 6.45) is 4.10. The van der Waals surface area contributed by atoms with Crippen LogP contribution in [-0.4, -0.2) is 42.8 Å². The quantitative estimate of drug-likeness (QED) is 0.942. The molecule has 4 rings (SSSR count). The molecule has 0 aliphatic carbocycles. The summed E-state index contributed by atoms with van der Waals surface area (Å²) >= 11 is 0. The van der Waals surface area contributed by atoms with Gasteiger partial charge in [-0.1, -0.05) is 18.2 Å². The molecule has 2 aliphatic heterocycles. The Hall–Kier alpha value is -1.78. The molecular formula is C19H24N2O2. The number of aliphatic hydroxyl groups is 1. The fourth-order valence-corrected chi connectivity index (χ4v) is 4.24. The smallest absolute Gasteiger partial charge is 0.117 e. The molecule has 0 bridgehead atoms. The number of β-amino-alcohol motifs (C(OH)–C–C–N with tert-alkyl or cyclic N) is 1. The van der Waals surface area contributed by atoms with Gasteiger partial charge in [-0.2, -0.15) is 0 Å². The van der Waals surface area contributed by atoms with E-state index in [1.807, 2.05) is 6.07 Å². The van der Waals surface area contributed by atoms with Gasteiger partial charge in [0.2, 0.25) is 0 Å². The predicted octanol–water partition coefficient (Wildman–Crippen LogP) is 2.63. The molecule has 2 aliphatic rings. The first kappa shape index (κ1) is 14.8. The molecule has 1 fully saturated rings. The van der Waals surface area contributed by atoms with Gasteiger partial charge in [-0.15, -0.1) is 0 Å². The van der Waals surface area contributed by atoms with E-state index in [1.165, 1.54) is 24.1 Å². The molecule has 1 aromatic carbocycles. The lowest BCUT2D eigenvalue weighted by molar-refractivity contribution is 0.150. The highest BCUT2D eigenvalue weighted by molar-refractivity contribution is 5.62. The average Bonchev–Trinajstić information content (AvgIpc) is 3.19. The fraction of sp³-hybridized carbons (Fsp3) is 0.474. The summed E-state index contributed by atoms with van der Waals surface area (Å²) in [5, 5.41) is 9.36. The monoisotopic (exact) mass is 312 g/mol. The van der Waals surface area contributed by atoms with Crippen molar-refractivity contribution in [1.29, 1.82) is 0 Å². The van der Waals surface area contributed by atoms with E-state index in [0.717, 1.165) is 38.5 Å². The number of fused-ring (bicyclic) bond motifs is 2. The Labute approximate surface area is 137 Å². The van der Waals surface area contributed by atoms with E-state index in [-0.39, 0.29) is 12.0 Å². The van der Waals surface area contributed by atoms with Crippen LogP contribution in [-0.2, 0) is 12.0 Å². The number of para-hydroxylation sites is 1. The SMILES string of the molecule is OCCN1CC2(CCN(Cc3ccco3)CC2)c2ccccc21. The van der Waals surface area contributed by atoms with Gasteiger partial charge >= 0.3 is 0 Å². The van der Waals surface area contributed by atoms with Gasteiger partial charge in [0.05, 0.1) is 19.4 Å². The maximum Gasteiger partial charge on any atom is 0.117 e. The Bertz CT molecular complexity index is 645. The molecule has 3 heterocycles. The summed E-state index contributed by atoms with van der Waals surface area (Å²) in [6, 6.07) is 12.8. The van der Waals surface area contributed by atoms with Crippen molar-refractivity contribution >= 4 is 5.69 Å². The van der Waals surface area contributed by atoms with Gasteiger partial charge in [-0.3, -0.25) is 4.90 Å². The van der Waals surface area contributed by atoms with Crippen molar-refractivity contribution in [3.8, 4) is 0 Å². The van der Waals surface area contributed by atoms with Gasteiger partial charge in [0.25, 0.3) is 0 Å². The maximum atomic E-state index is 9.36. The second-order valence-corrected chi connectivity index (χ2v) is 6.80. The van der Waals surface area contributed by atoms with Crippen LogP contribution >= 0.6 is 0 Å². The molecule has 2 aromatic rings. The number of benzene rings is 1. The third-order valence-corrected chi connectivity index (χ3v) is 5.45. The van der Waals surface area contributed by atoms with E-state index in [1.54, 1.807) is 6.26 Å². The molecule has 1 saturated heterocycles. The van der Waals surface area contributed by atoms with Crippen LogP contribution in [0.2, 0.25) is 0 Å². The first-order valence-corrected chi connectivity index (χ1v) is 8.51. The average molecular weight is 312 g/mol. The summed E-state index contributed by atoms with van der Waals surface area (Å²) in [5.74, 6) is 1.05. The van der Waals surface area contributed by atoms with Crippen LogP contribution in [0.25, 0.3) is 0 Å². The summed E-state index contributed by atoms with van der Waals surface area (Å²) in [4.78, 5) is 4.85. The van der Waals surface area contributed by atoms with E-state index >= 15 is 0 Å². The highest BCUT2D eigenvalue weighted by Crippen LogP contribution is 2.46. The van der Waals surface area contributed by atoms with Gasteiger partial charge in [-0.25, -0.2) is 0 Å². The van der Waals surface area contributed by atoms with Crippen molar-refractivity contribution in [2.75, 3.05) is 37.7 Å². The van der Waals surface area contributed by atoms with Crippen molar-refractivity contribution in [2.24, 2.45) is 0 Å². The van der Waals surface area contributed by atoms with Crippen molar-refractivity contribution in [3.05, 3.63) is 54.0 Å². The lowest BCUT2D eigenvalue weighted by Crippen LogP contribution is -2.45. The number of piperidine rings is 1. The molecule has 1 spiro atoms. The molecule has 1 N–H and O–H groups in total. The molecule has 0 unspecified atom stereocenters. The molecule has 4 nitrogen and oxygen atoms in total. The number of hydrogen-bond donors (Lipinski definition) is 1. The number of aliphatic hydroxyl groups excluding tert-OH is 1. The molecular weight excluding hydrogens is 288 g/mol. The summed E-state index contributed by atoms with van der Waals surface area (Å²) < 4.78 is 5.48. The van der Waals surface area contributed by atoms with Crippen molar-refractivity contribution in [1.82, 2.24) is 4.90 Å². The molecule has 122 valence electrons. The Balaban J connectivity index is 1.50. The van der Waals surface area contributed by atoms with Gasteiger partial charge < -0.3 is 14.4 Å². The second kappa shape index (κ2) is 6.02. The molecule has 0 atom stereocenters. The number of hydrogen-bond acceptors (Lipinski definition) is 4. The lowest BCUT2D eigenvalue weighted by Gasteiger charge is -2.39. The minimum absolute atomic E-state index is 0.217. The van der Waals surface area contributed by atoms with Crippen LogP contribution in [0.5, 0.6) is 0 Å². The van der Waals surface area contributed by atoms with Crippen LogP contribution in [0, 0.1) is 0 Å². The van der Waals surface area contributed by atoms with Gasteiger partial charge in [-0.05, 0) is 49.7 Å². The summed E-state index contributed by atoms with van der Waals surface area (Å²) in [6.45, 7) is 5.10. The van der Waals surface area contributed by atoms with Gasteiger partial charge in [0.1, 0.15) is 5.76 Å². The van der Waals surface area contributed by atoms with Crippen LogP contribution < -0.4 is 4.90 Å². The third kappa shape index (κ3) is 2.66. The lowest BCUT2D eigenvalue weighted by atomic mass is 9.74. The van der Waals surface area contributed by atoms with Crippen LogP contribution in [0.4, 0.5) is 5.69 Å². The van der Waals surface area contributed by atoms with Crippen molar-refractivity contribution < 1.29 is 9.52 Å². The van der Waals surface area contributed by atoms with Crippen LogP contribution in [0.3, 0.4) is 0 Å². The van der Waals surface area contributed by atoms with E-state index in [4.69, 9.17) is 4.42 Å².